The zero-order chi connectivity index (χ0) is 22.2. The van der Waals surface area contributed by atoms with Gasteiger partial charge in [0.1, 0.15) is 0 Å². The van der Waals surface area contributed by atoms with Crippen molar-refractivity contribution in [1.29, 1.82) is 0 Å². The molecule has 5 rings (SSSR count). The lowest BCUT2D eigenvalue weighted by Crippen LogP contribution is -2.34. The maximum atomic E-state index is 12.7. The van der Waals surface area contributed by atoms with Crippen LogP contribution in [0.1, 0.15) is 28.9 Å². The first-order valence-electron chi connectivity index (χ1n) is 10.4. The molecule has 1 N–H and O–H groups in total. The average molecular weight is 473 g/mol. The number of aromatic nitrogens is 3. The minimum atomic E-state index is -1.15. The van der Waals surface area contributed by atoms with Crippen LogP contribution in [-0.2, 0) is 11.3 Å². The number of hydrogen-bond donors (Lipinski definition) is 1. The van der Waals surface area contributed by atoms with Crippen molar-refractivity contribution in [3.8, 4) is 11.3 Å². The highest BCUT2D eigenvalue weighted by Crippen LogP contribution is 2.40. The molecule has 2 fully saturated rings. The number of thiazole rings is 1. The van der Waals surface area contributed by atoms with Crippen LogP contribution < -0.4 is 0 Å². The van der Waals surface area contributed by atoms with Crippen LogP contribution in [0.3, 0.4) is 0 Å². The van der Waals surface area contributed by atoms with Crippen molar-refractivity contribution in [3.63, 3.8) is 0 Å². The third-order valence-electron chi connectivity index (χ3n) is 6.24. The Morgan fingerprint density at radius 1 is 1.22 bits per heavy atom. The molecule has 1 aliphatic heterocycles. The summed E-state index contributed by atoms with van der Waals surface area (Å²) in [5.74, 6) is -0.405. The number of nitrogens with zero attached hydrogens (tertiary/aromatic N) is 4. The van der Waals surface area contributed by atoms with Gasteiger partial charge in [0.15, 0.2) is 5.69 Å². The Morgan fingerprint density at radius 2 is 2.00 bits per heavy atom. The van der Waals surface area contributed by atoms with Gasteiger partial charge >= 0.3 is 12.0 Å². The molecule has 0 unspecified atom stereocenters. The molecule has 3 aromatic rings. The van der Waals surface area contributed by atoms with Crippen molar-refractivity contribution in [1.82, 2.24) is 19.7 Å². The summed E-state index contributed by atoms with van der Waals surface area (Å²) in [7, 11) is 0. The summed E-state index contributed by atoms with van der Waals surface area (Å²) in [4.78, 5) is 29.7. The fraction of sp³-hybridized carbons (Fsp3) is 0.364. The van der Waals surface area contributed by atoms with Crippen molar-refractivity contribution in [2.24, 2.45) is 11.8 Å². The molecule has 2 aliphatic rings. The van der Waals surface area contributed by atoms with E-state index in [1.54, 1.807) is 10.4 Å². The number of ether oxygens (including phenoxy) is 1. The van der Waals surface area contributed by atoms with Crippen LogP contribution in [0.15, 0.2) is 41.4 Å². The molecule has 3 atom stereocenters. The second-order valence-corrected chi connectivity index (χ2v) is 9.31. The average Bonchev–Trinajstić information content (AvgIpc) is 3.56. The fourth-order valence-corrected chi connectivity index (χ4v) is 5.50. The standard InChI is InChI=1S/C22H21ClN4O4S/c23-20-13(2-1-3-17(20)19-11-32-12-24-19)10-31-16-6-14-8-26(9-15(14)7-16)22(30)27-5-4-18(25-27)21(28)29/h1-5,11-12,14-16H,6-10H2,(H,28,29)/t14-,15+,16+. The monoisotopic (exact) mass is 472 g/mol. The highest BCUT2D eigenvalue weighted by atomic mass is 35.5. The van der Waals surface area contributed by atoms with Gasteiger partial charge in [-0.25, -0.2) is 14.6 Å². The summed E-state index contributed by atoms with van der Waals surface area (Å²) in [6.07, 6.45) is 3.30. The summed E-state index contributed by atoms with van der Waals surface area (Å²) in [6, 6.07) is 6.96. The first kappa shape index (κ1) is 21.1. The minimum Gasteiger partial charge on any atom is -0.476 e. The molecule has 8 nitrogen and oxygen atoms in total. The van der Waals surface area contributed by atoms with Gasteiger partial charge in [-0.2, -0.15) is 9.78 Å². The molecule has 1 amide bonds. The highest BCUT2D eigenvalue weighted by molar-refractivity contribution is 7.07. The van der Waals surface area contributed by atoms with Gasteiger partial charge in [-0.15, -0.1) is 11.3 Å². The lowest BCUT2D eigenvalue weighted by Gasteiger charge is -2.19. The number of halogens is 1. The van der Waals surface area contributed by atoms with Gasteiger partial charge in [-0.3, -0.25) is 0 Å². The van der Waals surface area contributed by atoms with Gasteiger partial charge in [-0.05, 0) is 36.3 Å². The number of aromatic carboxylic acids is 1. The van der Waals surface area contributed by atoms with Crippen LogP contribution in [0.25, 0.3) is 11.3 Å². The third kappa shape index (κ3) is 4.03. The van der Waals surface area contributed by atoms with Crippen LogP contribution >= 0.6 is 22.9 Å². The SMILES string of the molecule is O=C(O)c1ccn(C(=O)N2C[C@H]3C[C@H](OCc4cccc(-c5cscn5)c4Cl)C[C@H]3C2)n1. The van der Waals surface area contributed by atoms with Gasteiger partial charge in [0.05, 0.1) is 28.9 Å². The summed E-state index contributed by atoms with van der Waals surface area (Å²) >= 11 is 8.15. The number of carbonyl (C=O) groups excluding carboxylic acids is 1. The summed E-state index contributed by atoms with van der Waals surface area (Å²) in [5, 5.41) is 15.5. The Labute approximate surface area is 193 Å². The fourth-order valence-electron chi connectivity index (χ4n) is 4.67. The summed E-state index contributed by atoms with van der Waals surface area (Å²) in [6.45, 7) is 1.70. The van der Waals surface area contributed by atoms with Crippen molar-refractivity contribution < 1.29 is 19.4 Å². The van der Waals surface area contributed by atoms with Gasteiger partial charge in [0.25, 0.3) is 0 Å². The van der Waals surface area contributed by atoms with Crippen LogP contribution in [-0.4, -0.2) is 56.0 Å². The van der Waals surface area contributed by atoms with Gasteiger partial charge in [0, 0.05) is 30.2 Å². The molecular formula is C22H21ClN4O4S. The maximum absolute atomic E-state index is 12.7. The molecule has 0 spiro atoms. The second kappa shape index (κ2) is 8.65. The molecule has 1 saturated heterocycles. The molecule has 0 bridgehead atoms. The van der Waals surface area contributed by atoms with Gasteiger partial charge < -0.3 is 14.7 Å². The van der Waals surface area contributed by atoms with Crippen molar-refractivity contribution in [2.75, 3.05) is 13.1 Å². The Kier molecular flexibility index (Phi) is 5.71. The first-order valence-corrected chi connectivity index (χ1v) is 11.7. The molecule has 0 radical (unpaired) electrons. The van der Waals surface area contributed by atoms with Gasteiger partial charge in [-0.1, -0.05) is 29.8 Å². The number of amides is 1. The lowest BCUT2D eigenvalue weighted by molar-refractivity contribution is 0.0384. The van der Waals surface area contributed by atoms with Crippen LogP contribution in [0.5, 0.6) is 0 Å². The van der Waals surface area contributed by atoms with E-state index in [2.05, 4.69) is 10.1 Å². The predicted octanol–water partition coefficient (Wildman–Crippen LogP) is 4.25. The van der Waals surface area contributed by atoms with E-state index in [1.807, 2.05) is 23.6 Å². The van der Waals surface area contributed by atoms with E-state index in [-0.39, 0.29) is 17.8 Å². The van der Waals surface area contributed by atoms with E-state index in [0.29, 0.717) is 36.6 Å². The van der Waals surface area contributed by atoms with Gasteiger partial charge in [0.2, 0.25) is 0 Å². The van der Waals surface area contributed by atoms with E-state index >= 15 is 0 Å². The molecule has 1 aromatic carbocycles. The number of fused-ring (bicyclic) bond motifs is 1. The number of carboxylic acids is 1. The predicted molar refractivity (Wildman–Crippen MR) is 119 cm³/mol. The second-order valence-electron chi connectivity index (χ2n) is 8.22. The highest BCUT2D eigenvalue weighted by Gasteiger charge is 2.43. The zero-order valence-corrected chi connectivity index (χ0v) is 18.6. The molecule has 166 valence electrons. The Hall–Kier alpha value is -2.75. The number of carbonyl (C=O) groups is 2. The maximum Gasteiger partial charge on any atom is 0.356 e. The summed E-state index contributed by atoms with van der Waals surface area (Å²) < 4.78 is 7.31. The first-order chi connectivity index (χ1) is 15.5. The third-order valence-corrected chi connectivity index (χ3v) is 7.28. The van der Waals surface area contributed by atoms with E-state index in [0.717, 1.165) is 34.3 Å². The van der Waals surface area contributed by atoms with E-state index in [9.17, 15) is 9.59 Å². The smallest absolute Gasteiger partial charge is 0.356 e. The number of rotatable bonds is 5. The Morgan fingerprint density at radius 3 is 2.66 bits per heavy atom. The molecule has 2 aromatic heterocycles. The molecule has 3 heterocycles. The largest absolute Gasteiger partial charge is 0.476 e. The van der Waals surface area contributed by atoms with Crippen LogP contribution in [0.4, 0.5) is 4.79 Å². The molecular weight excluding hydrogens is 452 g/mol. The Balaban J connectivity index is 1.16. The lowest BCUT2D eigenvalue weighted by atomic mass is 10.0. The Bertz CT molecular complexity index is 1130. The normalized spacial score (nSPS) is 22.3. The van der Waals surface area contributed by atoms with E-state index < -0.39 is 5.97 Å². The van der Waals surface area contributed by atoms with Crippen molar-refractivity contribution in [2.45, 2.75) is 25.6 Å². The molecule has 10 heteroatoms. The van der Waals surface area contributed by atoms with Crippen LogP contribution in [0.2, 0.25) is 5.02 Å². The number of likely N-dealkylation sites (tertiary alicyclic amines) is 1. The van der Waals surface area contributed by atoms with Crippen molar-refractivity contribution in [3.05, 3.63) is 57.6 Å². The van der Waals surface area contributed by atoms with Crippen molar-refractivity contribution >= 4 is 34.9 Å². The number of hydrogen-bond acceptors (Lipinski definition) is 6. The zero-order valence-electron chi connectivity index (χ0n) is 17.1. The molecule has 1 aliphatic carbocycles. The number of carboxylic acid groups (broad SMARTS) is 1. The van der Waals surface area contributed by atoms with Crippen LogP contribution in [0, 0.1) is 11.8 Å². The summed E-state index contributed by atoms with van der Waals surface area (Å²) in [5.41, 5.74) is 4.38. The topological polar surface area (TPSA) is 97.5 Å². The minimum absolute atomic E-state index is 0.129. The van der Waals surface area contributed by atoms with E-state index in [4.69, 9.17) is 21.4 Å². The molecule has 1 saturated carbocycles. The number of benzene rings is 1. The van der Waals surface area contributed by atoms with E-state index in [1.165, 1.54) is 23.6 Å². The quantitative estimate of drug-likeness (QED) is 0.596. The molecule has 32 heavy (non-hydrogen) atoms.